The first-order valence-corrected chi connectivity index (χ1v) is 7.53. The van der Waals surface area contributed by atoms with Gasteiger partial charge in [0.1, 0.15) is 11.8 Å². The van der Waals surface area contributed by atoms with Gasteiger partial charge in [-0.15, -0.1) is 0 Å². The molecule has 0 spiro atoms. The van der Waals surface area contributed by atoms with Gasteiger partial charge in [-0.05, 0) is 30.2 Å². The number of amides is 1. The number of rotatable bonds is 6. The van der Waals surface area contributed by atoms with Crippen molar-refractivity contribution in [2.24, 2.45) is 5.73 Å². The van der Waals surface area contributed by atoms with E-state index in [1.807, 2.05) is 37.3 Å². The third-order valence-electron chi connectivity index (χ3n) is 3.10. The molecule has 2 rings (SSSR count). The van der Waals surface area contributed by atoms with Gasteiger partial charge in [-0.3, -0.25) is 4.79 Å². The van der Waals surface area contributed by atoms with Crippen LogP contribution in [0.1, 0.15) is 24.9 Å². The summed E-state index contributed by atoms with van der Waals surface area (Å²) in [5.74, 6) is 0.318. The summed E-state index contributed by atoms with van der Waals surface area (Å²) in [7, 11) is 0. The third-order valence-corrected chi connectivity index (χ3v) is 3.40. The van der Waals surface area contributed by atoms with Crippen LogP contribution >= 0.6 is 11.6 Å². The first kappa shape index (κ1) is 16.3. The number of ether oxygens (including phenoxy) is 1. The van der Waals surface area contributed by atoms with Crippen LogP contribution in [0.4, 0.5) is 5.69 Å². The van der Waals surface area contributed by atoms with Crippen LogP contribution in [0.25, 0.3) is 0 Å². The zero-order valence-electron chi connectivity index (χ0n) is 12.4. The normalized spacial score (nSPS) is 11.8. The molecule has 0 aromatic heterocycles. The summed E-state index contributed by atoms with van der Waals surface area (Å²) in [5, 5.41) is 3.22. The molecule has 0 aliphatic carbocycles. The molecular weight excluding hydrogens is 300 g/mol. The van der Waals surface area contributed by atoms with Crippen LogP contribution in [0.15, 0.2) is 48.5 Å². The van der Waals surface area contributed by atoms with Crippen LogP contribution in [-0.4, -0.2) is 12.5 Å². The molecule has 4 nitrogen and oxygen atoms in total. The van der Waals surface area contributed by atoms with E-state index in [4.69, 9.17) is 22.1 Å². The van der Waals surface area contributed by atoms with Crippen molar-refractivity contribution in [3.63, 3.8) is 0 Å². The number of nitrogens with one attached hydrogen (secondary N) is 1. The number of nitrogens with two attached hydrogens (primary N) is 1. The molecular formula is C17H19ClN2O2. The van der Waals surface area contributed by atoms with E-state index in [0.717, 1.165) is 12.0 Å². The van der Waals surface area contributed by atoms with Gasteiger partial charge in [0.2, 0.25) is 5.91 Å². The average Bonchev–Trinajstić information content (AvgIpc) is 2.54. The molecule has 2 aromatic rings. The van der Waals surface area contributed by atoms with Crippen LogP contribution in [0.5, 0.6) is 5.75 Å². The maximum atomic E-state index is 12.2. The zero-order valence-corrected chi connectivity index (χ0v) is 13.1. The van der Waals surface area contributed by atoms with Crippen molar-refractivity contribution in [3.05, 3.63) is 59.1 Å². The van der Waals surface area contributed by atoms with E-state index in [1.54, 1.807) is 18.2 Å². The van der Waals surface area contributed by atoms with Crippen molar-refractivity contribution in [2.45, 2.75) is 19.4 Å². The van der Waals surface area contributed by atoms with E-state index >= 15 is 0 Å². The summed E-state index contributed by atoms with van der Waals surface area (Å²) < 4.78 is 5.49. The monoisotopic (exact) mass is 318 g/mol. The quantitative estimate of drug-likeness (QED) is 0.852. The van der Waals surface area contributed by atoms with Gasteiger partial charge >= 0.3 is 0 Å². The van der Waals surface area contributed by atoms with E-state index in [9.17, 15) is 4.79 Å². The molecule has 0 saturated heterocycles. The summed E-state index contributed by atoms with van der Waals surface area (Å²) in [6.45, 7) is 2.62. The molecule has 0 saturated carbocycles. The fourth-order valence-corrected chi connectivity index (χ4v) is 2.17. The van der Waals surface area contributed by atoms with Gasteiger partial charge in [0.15, 0.2) is 0 Å². The lowest BCUT2D eigenvalue weighted by Gasteiger charge is -2.14. The molecule has 1 amide bonds. The van der Waals surface area contributed by atoms with Gasteiger partial charge in [-0.2, -0.15) is 0 Å². The maximum absolute atomic E-state index is 12.2. The Bertz CT molecular complexity index is 632. The van der Waals surface area contributed by atoms with Crippen molar-refractivity contribution >= 4 is 23.2 Å². The highest BCUT2D eigenvalue weighted by Crippen LogP contribution is 2.28. The standard InChI is InChI=1S/C17H19ClN2O2/c1-2-10-22-15-9-8-13(11-14(15)18)20-17(21)16(19)12-6-4-3-5-7-12/h3-9,11,16H,2,10,19H2,1H3,(H,20,21). The zero-order chi connectivity index (χ0) is 15.9. The first-order chi connectivity index (χ1) is 10.6. The minimum Gasteiger partial charge on any atom is -0.492 e. The highest BCUT2D eigenvalue weighted by Gasteiger charge is 2.16. The Hall–Kier alpha value is -2.04. The molecule has 2 aromatic carbocycles. The van der Waals surface area contributed by atoms with Crippen LogP contribution in [0.3, 0.4) is 0 Å². The van der Waals surface area contributed by atoms with Crippen molar-refractivity contribution < 1.29 is 9.53 Å². The highest BCUT2D eigenvalue weighted by atomic mass is 35.5. The Kier molecular flexibility index (Phi) is 5.81. The summed E-state index contributed by atoms with van der Waals surface area (Å²) in [5.41, 5.74) is 7.30. The predicted molar refractivity (Wildman–Crippen MR) is 89.2 cm³/mol. The fraction of sp³-hybridized carbons (Fsp3) is 0.235. The van der Waals surface area contributed by atoms with Crippen molar-refractivity contribution in [1.29, 1.82) is 0 Å². The van der Waals surface area contributed by atoms with Gasteiger partial charge in [-0.1, -0.05) is 48.9 Å². The second-order valence-corrected chi connectivity index (χ2v) is 5.28. The van der Waals surface area contributed by atoms with Gasteiger partial charge < -0.3 is 15.8 Å². The molecule has 0 bridgehead atoms. The summed E-state index contributed by atoms with van der Waals surface area (Å²) in [6.07, 6.45) is 0.904. The molecule has 0 aliphatic heterocycles. The number of anilines is 1. The third kappa shape index (κ3) is 4.23. The van der Waals surface area contributed by atoms with Crippen molar-refractivity contribution in [1.82, 2.24) is 0 Å². The Morgan fingerprint density at radius 1 is 1.27 bits per heavy atom. The molecule has 22 heavy (non-hydrogen) atoms. The van der Waals surface area contributed by atoms with Crippen molar-refractivity contribution in [3.8, 4) is 5.75 Å². The Balaban J connectivity index is 2.04. The number of halogens is 1. The predicted octanol–water partition coefficient (Wildman–Crippen LogP) is 3.77. The van der Waals surface area contributed by atoms with Gasteiger partial charge in [0.25, 0.3) is 0 Å². The second-order valence-electron chi connectivity index (χ2n) is 4.87. The van der Waals surface area contributed by atoms with Gasteiger partial charge in [0, 0.05) is 5.69 Å². The largest absolute Gasteiger partial charge is 0.492 e. The average molecular weight is 319 g/mol. The smallest absolute Gasteiger partial charge is 0.245 e. The molecule has 1 unspecified atom stereocenters. The van der Waals surface area contributed by atoms with Gasteiger partial charge in [0.05, 0.1) is 11.6 Å². The van der Waals surface area contributed by atoms with Crippen LogP contribution in [0, 0.1) is 0 Å². The molecule has 0 heterocycles. The van der Waals surface area contributed by atoms with Gasteiger partial charge in [-0.25, -0.2) is 0 Å². The molecule has 5 heteroatoms. The lowest BCUT2D eigenvalue weighted by Crippen LogP contribution is -2.27. The number of carbonyl (C=O) groups excluding carboxylic acids is 1. The summed E-state index contributed by atoms with van der Waals surface area (Å²) in [4.78, 5) is 12.2. The van der Waals surface area contributed by atoms with E-state index in [0.29, 0.717) is 23.1 Å². The maximum Gasteiger partial charge on any atom is 0.245 e. The van der Waals surface area contributed by atoms with Crippen molar-refractivity contribution in [2.75, 3.05) is 11.9 Å². The molecule has 116 valence electrons. The molecule has 0 aliphatic rings. The highest BCUT2D eigenvalue weighted by molar-refractivity contribution is 6.32. The molecule has 0 radical (unpaired) electrons. The minimum absolute atomic E-state index is 0.288. The Labute approximate surface area is 135 Å². The first-order valence-electron chi connectivity index (χ1n) is 7.15. The lowest BCUT2D eigenvalue weighted by molar-refractivity contribution is -0.117. The van der Waals surface area contributed by atoms with E-state index in [2.05, 4.69) is 5.32 Å². The van der Waals surface area contributed by atoms with E-state index in [1.165, 1.54) is 0 Å². The lowest BCUT2D eigenvalue weighted by atomic mass is 10.1. The SMILES string of the molecule is CCCOc1ccc(NC(=O)C(N)c2ccccc2)cc1Cl. The number of benzene rings is 2. The number of hydrogen-bond acceptors (Lipinski definition) is 3. The summed E-state index contributed by atoms with van der Waals surface area (Å²) >= 11 is 6.14. The molecule has 1 atom stereocenters. The summed E-state index contributed by atoms with van der Waals surface area (Å²) in [6, 6.07) is 13.6. The Morgan fingerprint density at radius 3 is 2.64 bits per heavy atom. The number of carbonyl (C=O) groups is 1. The van der Waals surface area contributed by atoms with Crippen LogP contribution < -0.4 is 15.8 Å². The molecule has 0 fully saturated rings. The topological polar surface area (TPSA) is 64.3 Å². The molecule has 3 N–H and O–H groups in total. The number of hydrogen-bond donors (Lipinski definition) is 2. The van der Waals surface area contributed by atoms with Crippen LogP contribution in [0.2, 0.25) is 5.02 Å². The minimum atomic E-state index is -0.726. The van der Waals surface area contributed by atoms with E-state index < -0.39 is 6.04 Å². The van der Waals surface area contributed by atoms with Crippen LogP contribution in [-0.2, 0) is 4.79 Å². The Morgan fingerprint density at radius 2 is 2.00 bits per heavy atom. The fourth-order valence-electron chi connectivity index (χ4n) is 1.94. The second kappa shape index (κ2) is 7.82. The van der Waals surface area contributed by atoms with E-state index in [-0.39, 0.29) is 5.91 Å².